The molecule has 5 nitrogen and oxygen atoms in total. The van der Waals surface area contributed by atoms with Gasteiger partial charge in [0.1, 0.15) is 0 Å². The van der Waals surface area contributed by atoms with E-state index in [9.17, 15) is 18.0 Å². The Morgan fingerprint density at radius 2 is 1.67 bits per heavy atom. The van der Waals surface area contributed by atoms with Crippen LogP contribution in [0.4, 0.5) is 35.0 Å². The number of rotatable bonds is 1. The number of nitrogens with zero attached hydrogens (tertiary/aromatic N) is 2. The first-order chi connectivity index (χ1) is 12.9. The van der Waals surface area contributed by atoms with Crippen molar-refractivity contribution in [2.45, 2.75) is 28.8 Å². The average molecular weight is 395 g/mol. The summed E-state index contributed by atoms with van der Waals surface area (Å²) in [4.78, 5) is 21.0. The molecule has 1 fully saturated rings. The van der Waals surface area contributed by atoms with Crippen molar-refractivity contribution >= 4 is 34.9 Å². The Hall–Kier alpha value is -2.39. The van der Waals surface area contributed by atoms with Crippen molar-refractivity contribution in [1.29, 1.82) is 0 Å². The van der Waals surface area contributed by atoms with E-state index in [-0.39, 0.29) is 0 Å². The number of carbonyl (C=O) groups excluding carboxylic acids is 1. The first-order valence-corrected chi connectivity index (χ1v) is 9.19. The molecule has 2 heterocycles. The minimum atomic E-state index is -4.47. The number of carbonyl (C=O) groups is 1. The van der Waals surface area contributed by atoms with Crippen molar-refractivity contribution in [2.75, 3.05) is 22.9 Å². The molecule has 2 aromatic carbocycles. The standard InChI is InChI=1S/C18H16F3N3O2S/c19-18(20,21)11-3-5-13-15(9-11)27-16-10-12(23-7-1-2-8-23)4-6-14(16)24(13)17(25)26-22/h3-6,9-10H,1-2,7-8,22H2. The molecule has 0 saturated carbocycles. The summed E-state index contributed by atoms with van der Waals surface area (Å²) in [6.45, 7) is 1.87. The van der Waals surface area contributed by atoms with Crippen molar-refractivity contribution in [3.05, 3.63) is 42.0 Å². The van der Waals surface area contributed by atoms with Crippen LogP contribution in [0, 0.1) is 0 Å². The third kappa shape index (κ3) is 3.21. The fourth-order valence-electron chi connectivity index (χ4n) is 3.40. The molecule has 27 heavy (non-hydrogen) atoms. The number of hydrogen-bond acceptors (Lipinski definition) is 5. The summed E-state index contributed by atoms with van der Waals surface area (Å²) < 4.78 is 39.3. The van der Waals surface area contributed by atoms with Crippen LogP contribution < -0.4 is 15.7 Å². The van der Waals surface area contributed by atoms with E-state index in [1.54, 1.807) is 6.07 Å². The van der Waals surface area contributed by atoms with Gasteiger partial charge in [-0.05, 0) is 49.2 Å². The highest BCUT2D eigenvalue weighted by Gasteiger charge is 2.35. The Kier molecular flexibility index (Phi) is 4.43. The molecule has 0 bridgehead atoms. The molecule has 0 radical (unpaired) electrons. The van der Waals surface area contributed by atoms with Gasteiger partial charge in [-0.1, -0.05) is 11.8 Å². The lowest BCUT2D eigenvalue weighted by Gasteiger charge is -2.31. The molecule has 2 aliphatic heterocycles. The molecular formula is C18H16F3N3O2S. The monoisotopic (exact) mass is 395 g/mol. The van der Waals surface area contributed by atoms with Gasteiger partial charge >= 0.3 is 12.3 Å². The summed E-state index contributed by atoms with van der Waals surface area (Å²) in [6, 6.07) is 8.82. The summed E-state index contributed by atoms with van der Waals surface area (Å²) in [7, 11) is 0. The van der Waals surface area contributed by atoms with Crippen LogP contribution in [0.5, 0.6) is 0 Å². The number of halogens is 3. The highest BCUT2D eigenvalue weighted by Crippen LogP contribution is 2.50. The highest BCUT2D eigenvalue weighted by atomic mass is 32.2. The Bertz CT molecular complexity index is 898. The van der Waals surface area contributed by atoms with Gasteiger partial charge in [-0.25, -0.2) is 9.69 Å². The molecule has 0 aromatic heterocycles. The van der Waals surface area contributed by atoms with Crippen LogP contribution >= 0.6 is 11.8 Å². The molecule has 2 aliphatic rings. The van der Waals surface area contributed by atoms with Crippen molar-refractivity contribution < 1.29 is 22.8 Å². The summed E-state index contributed by atoms with van der Waals surface area (Å²) in [5, 5.41) is 0. The van der Waals surface area contributed by atoms with Gasteiger partial charge in [-0.2, -0.15) is 19.1 Å². The number of amides is 1. The predicted octanol–water partition coefficient (Wildman–Crippen LogP) is 4.92. The van der Waals surface area contributed by atoms with Crippen LogP contribution in [0.2, 0.25) is 0 Å². The van der Waals surface area contributed by atoms with Crippen molar-refractivity contribution in [3.63, 3.8) is 0 Å². The molecule has 4 rings (SSSR count). The second kappa shape index (κ2) is 6.65. The van der Waals surface area contributed by atoms with Crippen molar-refractivity contribution in [2.24, 2.45) is 5.90 Å². The maximum absolute atomic E-state index is 13.1. The van der Waals surface area contributed by atoms with Gasteiger partial charge in [-0.15, -0.1) is 0 Å². The first kappa shape index (κ1) is 18.0. The minimum absolute atomic E-state index is 0.310. The lowest BCUT2D eigenvalue weighted by molar-refractivity contribution is -0.137. The van der Waals surface area contributed by atoms with Crippen LogP contribution in [-0.4, -0.2) is 19.2 Å². The fraction of sp³-hybridized carbons (Fsp3) is 0.278. The van der Waals surface area contributed by atoms with Gasteiger partial charge in [0.15, 0.2) is 0 Å². The minimum Gasteiger partial charge on any atom is -0.372 e. The number of alkyl halides is 3. The largest absolute Gasteiger partial charge is 0.437 e. The first-order valence-electron chi connectivity index (χ1n) is 8.37. The van der Waals surface area contributed by atoms with Crippen LogP contribution in [0.15, 0.2) is 46.2 Å². The lowest BCUT2D eigenvalue weighted by Crippen LogP contribution is -2.31. The Balaban J connectivity index is 1.81. The van der Waals surface area contributed by atoms with E-state index in [0.29, 0.717) is 21.2 Å². The molecule has 142 valence electrons. The number of fused-ring (bicyclic) bond motifs is 2. The molecule has 1 amide bonds. The zero-order chi connectivity index (χ0) is 19.2. The number of anilines is 3. The normalized spacial score (nSPS) is 16.1. The Labute approximate surface area is 157 Å². The van der Waals surface area contributed by atoms with Gasteiger partial charge in [-0.3, -0.25) is 0 Å². The second-order valence-corrected chi connectivity index (χ2v) is 7.43. The van der Waals surface area contributed by atoms with E-state index >= 15 is 0 Å². The molecule has 0 unspecified atom stereocenters. The van der Waals surface area contributed by atoms with Crippen LogP contribution in [0.3, 0.4) is 0 Å². The average Bonchev–Trinajstić information content (AvgIpc) is 3.18. The van der Waals surface area contributed by atoms with E-state index in [4.69, 9.17) is 5.90 Å². The maximum atomic E-state index is 13.1. The third-order valence-corrected chi connectivity index (χ3v) is 5.78. The SMILES string of the molecule is NOC(=O)N1c2ccc(N3CCCC3)cc2Sc2cc(C(F)(F)F)ccc21. The van der Waals surface area contributed by atoms with Gasteiger partial charge in [0.2, 0.25) is 0 Å². The zero-order valence-electron chi connectivity index (χ0n) is 14.1. The molecule has 9 heteroatoms. The van der Waals surface area contributed by atoms with Crippen LogP contribution in [0.25, 0.3) is 0 Å². The Morgan fingerprint density at radius 3 is 2.30 bits per heavy atom. The Morgan fingerprint density at radius 1 is 1.04 bits per heavy atom. The summed E-state index contributed by atoms with van der Waals surface area (Å²) in [6.07, 6.45) is -3.11. The van der Waals surface area contributed by atoms with E-state index in [1.165, 1.54) is 22.7 Å². The predicted molar refractivity (Wildman–Crippen MR) is 96.3 cm³/mol. The maximum Gasteiger partial charge on any atom is 0.437 e. The molecule has 0 atom stereocenters. The van der Waals surface area contributed by atoms with E-state index < -0.39 is 17.8 Å². The van der Waals surface area contributed by atoms with Gasteiger partial charge in [0, 0.05) is 28.6 Å². The quantitative estimate of drug-likeness (QED) is 0.695. The molecule has 0 aliphatic carbocycles. The fourth-order valence-corrected chi connectivity index (χ4v) is 4.53. The summed E-state index contributed by atoms with van der Waals surface area (Å²) in [5.74, 6) is 5.06. The van der Waals surface area contributed by atoms with Crippen LogP contribution in [0.1, 0.15) is 18.4 Å². The van der Waals surface area contributed by atoms with Gasteiger partial charge < -0.3 is 9.74 Å². The third-order valence-electron chi connectivity index (χ3n) is 4.69. The smallest absolute Gasteiger partial charge is 0.372 e. The lowest BCUT2D eigenvalue weighted by atomic mass is 10.1. The van der Waals surface area contributed by atoms with E-state index in [1.807, 2.05) is 12.1 Å². The summed E-state index contributed by atoms with van der Waals surface area (Å²) in [5.41, 5.74) is 1.06. The van der Waals surface area contributed by atoms with E-state index in [0.717, 1.165) is 43.8 Å². The molecule has 1 saturated heterocycles. The van der Waals surface area contributed by atoms with E-state index in [2.05, 4.69) is 9.74 Å². The summed E-state index contributed by atoms with van der Waals surface area (Å²) >= 11 is 1.20. The number of nitrogens with two attached hydrogens (primary N) is 1. The zero-order valence-corrected chi connectivity index (χ0v) is 14.9. The second-order valence-electron chi connectivity index (χ2n) is 6.35. The molecule has 2 N–H and O–H groups in total. The molecule has 2 aromatic rings. The van der Waals surface area contributed by atoms with Crippen molar-refractivity contribution in [1.82, 2.24) is 0 Å². The molecular weight excluding hydrogens is 379 g/mol. The van der Waals surface area contributed by atoms with Gasteiger partial charge in [0.25, 0.3) is 0 Å². The van der Waals surface area contributed by atoms with Crippen molar-refractivity contribution in [3.8, 4) is 0 Å². The number of hydrogen-bond donors (Lipinski definition) is 1. The van der Waals surface area contributed by atoms with Gasteiger partial charge in [0.05, 0.1) is 16.9 Å². The van der Waals surface area contributed by atoms with Crippen LogP contribution in [-0.2, 0) is 11.0 Å². The number of benzene rings is 2. The topological polar surface area (TPSA) is 58.8 Å². The molecule has 0 spiro atoms. The highest BCUT2D eigenvalue weighted by molar-refractivity contribution is 7.99.